The van der Waals surface area contributed by atoms with E-state index in [9.17, 15) is 4.79 Å². The standard InChI is InChI=1S/C24H18Cl2N2O2S/c1-15-3-2-4-18(11-15)27-23(29)22-14-31-24(28-22)17-6-8-19(9-7-17)30-13-16-5-10-20(25)21(26)12-16/h2-12,14H,13H2,1H3,(H,27,29). The van der Waals surface area contributed by atoms with E-state index in [0.29, 0.717) is 22.3 Å². The average Bonchev–Trinajstić information content (AvgIpc) is 3.25. The van der Waals surface area contributed by atoms with Crippen molar-refractivity contribution in [1.82, 2.24) is 4.98 Å². The highest BCUT2D eigenvalue weighted by Crippen LogP contribution is 2.27. The molecular formula is C24H18Cl2N2O2S. The fourth-order valence-electron chi connectivity index (χ4n) is 2.92. The van der Waals surface area contributed by atoms with Gasteiger partial charge in [0.25, 0.3) is 5.91 Å². The van der Waals surface area contributed by atoms with Crippen molar-refractivity contribution in [3.05, 3.63) is 99.0 Å². The van der Waals surface area contributed by atoms with Crippen LogP contribution in [0.25, 0.3) is 10.6 Å². The van der Waals surface area contributed by atoms with E-state index in [-0.39, 0.29) is 5.91 Å². The molecule has 0 aliphatic carbocycles. The average molecular weight is 469 g/mol. The molecule has 0 saturated carbocycles. The molecule has 7 heteroatoms. The van der Waals surface area contributed by atoms with Crippen LogP contribution >= 0.6 is 34.5 Å². The summed E-state index contributed by atoms with van der Waals surface area (Å²) in [5.41, 5.74) is 4.08. The minimum atomic E-state index is -0.227. The normalized spacial score (nSPS) is 10.7. The number of nitrogens with one attached hydrogen (secondary N) is 1. The molecule has 0 bridgehead atoms. The lowest BCUT2D eigenvalue weighted by atomic mass is 10.2. The highest BCUT2D eigenvalue weighted by molar-refractivity contribution is 7.13. The third kappa shape index (κ3) is 5.44. The quantitative estimate of drug-likeness (QED) is 0.323. The third-order valence-corrected chi connectivity index (χ3v) is 6.13. The Hall–Kier alpha value is -2.86. The maximum Gasteiger partial charge on any atom is 0.275 e. The second kappa shape index (κ2) is 9.52. The van der Waals surface area contributed by atoms with Gasteiger partial charge < -0.3 is 10.1 Å². The van der Waals surface area contributed by atoms with Gasteiger partial charge in [-0.2, -0.15) is 0 Å². The van der Waals surface area contributed by atoms with Crippen molar-refractivity contribution in [2.24, 2.45) is 0 Å². The number of aryl methyl sites for hydroxylation is 1. The predicted molar refractivity (Wildman–Crippen MR) is 127 cm³/mol. The van der Waals surface area contributed by atoms with Crippen molar-refractivity contribution in [3.8, 4) is 16.3 Å². The Kier molecular flexibility index (Phi) is 6.56. The van der Waals surface area contributed by atoms with Crippen LogP contribution in [-0.4, -0.2) is 10.9 Å². The van der Waals surface area contributed by atoms with E-state index in [0.717, 1.165) is 33.1 Å². The van der Waals surface area contributed by atoms with E-state index in [1.807, 2.05) is 61.5 Å². The van der Waals surface area contributed by atoms with Crippen molar-refractivity contribution in [2.45, 2.75) is 13.5 Å². The molecule has 0 saturated heterocycles. The summed E-state index contributed by atoms with van der Waals surface area (Å²) in [6.07, 6.45) is 0. The molecule has 0 spiro atoms. The van der Waals surface area contributed by atoms with E-state index in [4.69, 9.17) is 27.9 Å². The van der Waals surface area contributed by atoms with E-state index >= 15 is 0 Å². The van der Waals surface area contributed by atoms with Gasteiger partial charge in [0, 0.05) is 16.6 Å². The van der Waals surface area contributed by atoms with Crippen LogP contribution in [0.3, 0.4) is 0 Å². The molecule has 156 valence electrons. The molecule has 4 rings (SSSR count). The fourth-order valence-corrected chi connectivity index (χ4v) is 4.05. The summed E-state index contributed by atoms with van der Waals surface area (Å²) in [6.45, 7) is 2.37. The predicted octanol–water partition coefficient (Wildman–Crippen LogP) is 7.26. The SMILES string of the molecule is Cc1cccc(NC(=O)c2csc(-c3ccc(OCc4ccc(Cl)c(Cl)c4)cc3)n2)c1. The van der Waals surface area contributed by atoms with Crippen LogP contribution in [0.2, 0.25) is 10.0 Å². The fraction of sp³-hybridized carbons (Fsp3) is 0.0833. The third-order valence-electron chi connectivity index (χ3n) is 4.50. The minimum absolute atomic E-state index is 0.227. The maximum absolute atomic E-state index is 12.5. The second-order valence-electron chi connectivity index (χ2n) is 6.92. The van der Waals surface area contributed by atoms with Gasteiger partial charge in [0.1, 0.15) is 23.1 Å². The maximum atomic E-state index is 12.5. The Morgan fingerprint density at radius 3 is 2.58 bits per heavy atom. The number of aromatic nitrogens is 1. The highest BCUT2D eigenvalue weighted by Gasteiger charge is 2.12. The highest BCUT2D eigenvalue weighted by atomic mass is 35.5. The molecule has 1 heterocycles. The molecular weight excluding hydrogens is 451 g/mol. The molecule has 0 radical (unpaired) electrons. The largest absolute Gasteiger partial charge is 0.489 e. The van der Waals surface area contributed by atoms with Crippen LogP contribution in [0.4, 0.5) is 5.69 Å². The van der Waals surface area contributed by atoms with Crippen molar-refractivity contribution < 1.29 is 9.53 Å². The Morgan fingerprint density at radius 2 is 1.84 bits per heavy atom. The van der Waals surface area contributed by atoms with Crippen LogP contribution in [0.15, 0.2) is 72.1 Å². The van der Waals surface area contributed by atoms with E-state index in [1.165, 1.54) is 11.3 Å². The minimum Gasteiger partial charge on any atom is -0.489 e. The summed E-state index contributed by atoms with van der Waals surface area (Å²) >= 11 is 13.4. The van der Waals surface area contributed by atoms with Gasteiger partial charge in [0.05, 0.1) is 10.0 Å². The van der Waals surface area contributed by atoms with Crippen molar-refractivity contribution in [3.63, 3.8) is 0 Å². The molecule has 0 unspecified atom stereocenters. The van der Waals surface area contributed by atoms with E-state index < -0.39 is 0 Å². The molecule has 31 heavy (non-hydrogen) atoms. The number of hydrogen-bond donors (Lipinski definition) is 1. The molecule has 4 nitrogen and oxygen atoms in total. The van der Waals surface area contributed by atoms with Gasteiger partial charge in [-0.05, 0) is 66.6 Å². The second-order valence-corrected chi connectivity index (χ2v) is 8.60. The Labute approximate surface area is 194 Å². The van der Waals surface area contributed by atoms with Crippen LogP contribution in [0.5, 0.6) is 5.75 Å². The number of amides is 1. The molecule has 0 fully saturated rings. The number of halogens is 2. The number of thiazole rings is 1. The first-order valence-electron chi connectivity index (χ1n) is 9.48. The number of carbonyl (C=O) groups is 1. The van der Waals surface area contributed by atoms with Crippen LogP contribution in [0, 0.1) is 6.92 Å². The number of nitrogens with zero attached hydrogens (tertiary/aromatic N) is 1. The number of ether oxygens (including phenoxy) is 1. The molecule has 1 amide bonds. The lowest BCUT2D eigenvalue weighted by Crippen LogP contribution is -2.12. The summed E-state index contributed by atoms with van der Waals surface area (Å²) in [5.74, 6) is 0.499. The zero-order valence-electron chi connectivity index (χ0n) is 16.6. The smallest absolute Gasteiger partial charge is 0.275 e. The van der Waals surface area contributed by atoms with Gasteiger partial charge in [0.2, 0.25) is 0 Å². The van der Waals surface area contributed by atoms with E-state index in [2.05, 4.69) is 10.3 Å². The first kappa shape index (κ1) is 21.4. The summed E-state index contributed by atoms with van der Waals surface area (Å²) in [6, 6.07) is 20.7. The van der Waals surface area contributed by atoms with E-state index in [1.54, 1.807) is 17.5 Å². The Morgan fingerprint density at radius 1 is 1.03 bits per heavy atom. The van der Waals surface area contributed by atoms with Gasteiger partial charge in [-0.15, -0.1) is 11.3 Å². The first-order valence-corrected chi connectivity index (χ1v) is 11.1. The summed E-state index contributed by atoms with van der Waals surface area (Å²) in [5, 5.41) is 6.43. The number of hydrogen-bond acceptors (Lipinski definition) is 4. The zero-order valence-corrected chi connectivity index (χ0v) is 18.9. The van der Waals surface area contributed by atoms with Gasteiger partial charge in [-0.25, -0.2) is 4.98 Å². The van der Waals surface area contributed by atoms with Crippen molar-refractivity contribution >= 4 is 46.1 Å². The van der Waals surface area contributed by atoms with Gasteiger partial charge in [-0.3, -0.25) is 4.79 Å². The molecule has 0 atom stereocenters. The molecule has 4 aromatic rings. The summed E-state index contributed by atoms with van der Waals surface area (Å²) in [4.78, 5) is 17.0. The van der Waals surface area contributed by atoms with Crippen LogP contribution < -0.4 is 10.1 Å². The molecule has 1 aromatic heterocycles. The van der Waals surface area contributed by atoms with Crippen molar-refractivity contribution in [2.75, 3.05) is 5.32 Å². The van der Waals surface area contributed by atoms with Gasteiger partial charge in [-0.1, -0.05) is 41.4 Å². The molecule has 0 aliphatic rings. The lowest BCUT2D eigenvalue weighted by Gasteiger charge is -2.07. The Balaban J connectivity index is 1.39. The lowest BCUT2D eigenvalue weighted by molar-refractivity contribution is 0.102. The Bertz CT molecular complexity index is 1220. The van der Waals surface area contributed by atoms with Crippen LogP contribution in [0.1, 0.15) is 21.6 Å². The number of rotatable bonds is 6. The van der Waals surface area contributed by atoms with Gasteiger partial charge in [0.15, 0.2) is 0 Å². The monoisotopic (exact) mass is 468 g/mol. The molecule has 1 N–H and O–H groups in total. The first-order chi connectivity index (χ1) is 15.0. The number of anilines is 1. The van der Waals surface area contributed by atoms with Crippen molar-refractivity contribution in [1.29, 1.82) is 0 Å². The summed E-state index contributed by atoms with van der Waals surface area (Å²) < 4.78 is 5.81. The zero-order chi connectivity index (χ0) is 21.8. The number of benzene rings is 3. The molecule has 0 aliphatic heterocycles. The molecule has 3 aromatic carbocycles. The van der Waals surface area contributed by atoms with Gasteiger partial charge >= 0.3 is 0 Å². The topological polar surface area (TPSA) is 51.2 Å². The number of carbonyl (C=O) groups excluding carboxylic acids is 1. The van der Waals surface area contributed by atoms with Crippen LogP contribution in [-0.2, 0) is 6.61 Å². The summed E-state index contributed by atoms with van der Waals surface area (Å²) in [7, 11) is 0.